The largest absolute Gasteiger partial charge is 0.298 e. The summed E-state index contributed by atoms with van der Waals surface area (Å²) in [6.45, 7) is 0. The van der Waals surface area contributed by atoms with Crippen LogP contribution in [0.2, 0.25) is 0 Å². The first-order valence-electron chi connectivity index (χ1n) is 4.91. The molecule has 2 aromatic rings. The molecule has 0 aliphatic carbocycles. The number of hydrogen-bond donors (Lipinski definition) is 0. The molecule has 0 radical (unpaired) electrons. The van der Waals surface area contributed by atoms with Gasteiger partial charge in [0.15, 0.2) is 12.6 Å². The molecule has 0 atom stereocenters. The minimum atomic E-state index is -0.572. The average molecular weight is 229 g/mol. The van der Waals surface area contributed by atoms with Gasteiger partial charge in [-0.1, -0.05) is 18.2 Å². The van der Waals surface area contributed by atoms with Crippen LogP contribution in [0.15, 0.2) is 36.5 Å². The quantitative estimate of drug-likeness (QED) is 0.760. The summed E-state index contributed by atoms with van der Waals surface area (Å²) < 4.78 is 13.4. The Hall–Kier alpha value is -2.36. The third-order valence-electron chi connectivity index (χ3n) is 2.39. The highest BCUT2D eigenvalue weighted by Gasteiger charge is 2.09. The number of benzene rings is 1. The molecule has 1 heterocycles. The lowest BCUT2D eigenvalue weighted by Crippen LogP contribution is -1.94. The van der Waals surface area contributed by atoms with Crippen molar-refractivity contribution in [3.63, 3.8) is 0 Å². The highest BCUT2D eigenvalue weighted by Crippen LogP contribution is 2.23. The maximum atomic E-state index is 13.4. The van der Waals surface area contributed by atoms with E-state index >= 15 is 0 Å². The molecule has 0 amide bonds. The number of aromatic nitrogens is 1. The van der Waals surface area contributed by atoms with Gasteiger partial charge in [-0.2, -0.15) is 0 Å². The fourth-order valence-corrected chi connectivity index (χ4v) is 1.54. The zero-order chi connectivity index (χ0) is 12.3. The van der Waals surface area contributed by atoms with Gasteiger partial charge in [-0.15, -0.1) is 0 Å². The lowest BCUT2D eigenvalue weighted by atomic mass is 10.0. The summed E-state index contributed by atoms with van der Waals surface area (Å²) >= 11 is 0. The van der Waals surface area contributed by atoms with E-state index in [4.69, 9.17) is 0 Å². The number of hydrogen-bond acceptors (Lipinski definition) is 3. The van der Waals surface area contributed by atoms with Crippen LogP contribution >= 0.6 is 0 Å². The van der Waals surface area contributed by atoms with Crippen molar-refractivity contribution in [2.45, 2.75) is 0 Å². The molecule has 0 N–H and O–H groups in total. The number of nitrogens with zero attached hydrogens (tertiary/aromatic N) is 1. The first-order chi connectivity index (χ1) is 8.26. The third-order valence-corrected chi connectivity index (χ3v) is 2.39. The van der Waals surface area contributed by atoms with Crippen molar-refractivity contribution in [3.8, 4) is 11.1 Å². The van der Waals surface area contributed by atoms with Crippen LogP contribution in [0.3, 0.4) is 0 Å². The third kappa shape index (κ3) is 2.10. The molecule has 2 rings (SSSR count). The Labute approximate surface area is 96.9 Å². The standard InChI is InChI=1S/C13H8FNO2/c14-13-3-1-2-11(12(13)8-17)9-4-5-10(7-16)15-6-9/h1-8H. The molecular formula is C13H8FNO2. The molecule has 0 saturated heterocycles. The number of aldehydes is 2. The molecule has 1 aromatic heterocycles. The topological polar surface area (TPSA) is 47.0 Å². The van der Waals surface area contributed by atoms with E-state index < -0.39 is 5.82 Å². The van der Waals surface area contributed by atoms with Crippen molar-refractivity contribution in [1.29, 1.82) is 0 Å². The summed E-state index contributed by atoms with van der Waals surface area (Å²) in [6.07, 6.45) is 2.53. The van der Waals surface area contributed by atoms with Crippen LogP contribution in [-0.4, -0.2) is 17.6 Å². The molecule has 0 spiro atoms. The van der Waals surface area contributed by atoms with Crippen LogP contribution in [0.5, 0.6) is 0 Å². The predicted octanol–water partition coefficient (Wildman–Crippen LogP) is 2.51. The SMILES string of the molecule is O=Cc1ccc(-c2cccc(F)c2C=O)cn1. The van der Waals surface area contributed by atoms with Gasteiger partial charge in [0, 0.05) is 11.8 Å². The van der Waals surface area contributed by atoms with Gasteiger partial charge in [0.2, 0.25) is 0 Å². The van der Waals surface area contributed by atoms with Gasteiger partial charge >= 0.3 is 0 Å². The number of rotatable bonds is 3. The van der Waals surface area contributed by atoms with Gasteiger partial charge in [-0.25, -0.2) is 4.39 Å². The van der Waals surface area contributed by atoms with E-state index in [2.05, 4.69) is 4.98 Å². The van der Waals surface area contributed by atoms with Gasteiger partial charge in [0.25, 0.3) is 0 Å². The Balaban J connectivity index is 2.55. The van der Waals surface area contributed by atoms with Crippen molar-refractivity contribution < 1.29 is 14.0 Å². The number of pyridine rings is 1. The molecule has 0 unspecified atom stereocenters. The van der Waals surface area contributed by atoms with E-state index in [0.717, 1.165) is 0 Å². The second-order valence-electron chi connectivity index (χ2n) is 3.41. The van der Waals surface area contributed by atoms with Gasteiger partial charge in [0.05, 0.1) is 5.56 Å². The lowest BCUT2D eigenvalue weighted by Gasteiger charge is -2.05. The van der Waals surface area contributed by atoms with E-state index in [1.165, 1.54) is 24.4 Å². The van der Waals surface area contributed by atoms with Crippen molar-refractivity contribution in [1.82, 2.24) is 4.98 Å². The number of halogens is 1. The van der Waals surface area contributed by atoms with Crippen molar-refractivity contribution in [2.75, 3.05) is 0 Å². The summed E-state index contributed by atoms with van der Waals surface area (Å²) in [5.74, 6) is -0.572. The molecule has 0 aliphatic heterocycles. The van der Waals surface area contributed by atoms with E-state index in [9.17, 15) is 14.0 Å². The van der Waals surface area contributed by atoms with Gasteiger partial charge in [0.1, 0.15) is 11.5 Å². The minimum absolute atomic E-state index is 0.00634. The summed E-state index contributed by atoms with van der Waals surface area (Å²) in [4.78, 5) is 25.2. The normalized spacial score (nSPS) is 9.94. The predicted molar refractivity (Wildman–Crippen MR) is 60.4 cm³/mol. The highest BCUT2D eigenvalue weighted by atomic mass is 19.1. The zero-order valence-electron chi connectivity index (χ0n) is 8.76. The summed E-state index contributed by atoms with van der Waals surface area (Å²) in [7, 11) is 0. The van der Waals surface area contributed by atoms with Gasteiger partial charge in [-0.05, 0) is 17.7 Å². The Kier molecular flexibility index (Phi) is 3.05. The summed E-state index contributed by atoms with van der Waals surface area (Å²) in [5.41, 5.74) is 1.34. The molecule has 4 heteroatoms. The Morgan fingerprint density at radius 2 is 1.88 bits per heavy atom. The first-order valence-corrected chi connectivity index (χ1v) is 4.91. The maximum Gasteiger partial charge on any atom is 0.168 e. The fourth-order valence-electron chi connectivity index (χ4n) is 1.54. The molecule has 1 aromatic carbocycles. The smallest absolute Gasteiger partial charge is 0.168 e. The summed E-state index contributed by atoms with van der Waals surface area (Å²) in [6, 6.07) is 7.51. The first kappa shape index (κ1) is 11.1. The van der Waals surface area contributed by atoms with E-state index in [0.29, 0.717) is 23.7 Å². The molecule has 0 bridgehead atoms. The van der Waals surface area contributed by atoms with Crippen LogP contribution in [0.4, 0.5) is 4.39 Å². The van der Waals surface area contributed by atoms with Crippen molar-refractivity contribution in [2.24, 2.45) is 0 Å². The van der Waals surface area contributed by atoms with E-state index in [-0.39, 0.29) is 11.3 Å². The van der Waals surface area contributed by atoms with Crippen LogP contribution in [0.1, 0.15) is 20.8 Å². The molecule has 17 heavy (non-hydrogen) atoms. The van der Waals surface area contributed by atoms with E-state index in [1.54, 1.807) is 12.1 Å². The van der Waals surface area contributed by atoms with Gasteiger partial charge < -0.3 is 0 Å². The minimum Gasteiger partial charge on any atom is -0.298 e. The zero-order valence-corrected chi connectivity index (χ0v) is 8.76. The Bertz CT molecular complexity index is 564. The van der Waals surface area contributed by atoms with Crippen LogP contribution in [0, 0.1) is 5.82 Å². The molecule has 0 fully saturated rings. The molecule has 0 aliphatic rings. The maximum absolute atomic E-state index is 13.4. The van der Waals surface area contributed by atoms with Gasteiger partial charge in [-0.3, -0.25) is 14.6 Å². The fraction of sp³-hybridized carbons (Fsp3) is 0. The van der Waals surface area contributed by atoms with Crippen molar-refractivity contribution in [3.05, 3.63) is 53.6 Å². The molecular weight excluding hydrogens is 221 g/mol. The number of carbonyl (C=O) groups excluding carboxylic acids is 2. The number of carbonyl (C=O) groups is 2. The molecule has 3 nitrogen and oxygen atoms in total. The van der Waals surface area contributed by atoms with Crippen LogP contribution < -0.4 is 0 Å². The van der Waals surface area contributed by atoms with Crippen molar-refractivity contribution >= 4 is 12.6 Å². The second kappa shape index (κ2) is 4.65. The van der Waals surface area contributed by atoms with Crippen LogP contribution in [-0.2, 0) is 0 Å². The average Bonchev–Trinajstić information content (AvgIpc) is 2.38. The Morgan fingerprint density at radius 1 is 1.06 bits per heavy atom. The lowest BCUT2D eigenvalue weighted by molar-refractivity contribution is 0.111. The molecule has 84 valence electrons. The van der Waals surface area contributed by atoms with Crippen LogP contribution in [0.25, 0.3) is 11.1 Å². The second-order valence-corrected chi connectivity index (χ2v) is 3.41. The summed E-state index contributed by atoms with van der Waals surface area (Å²) in [5, 5.41) is 0. The monoisotopic (exact) mass is 229 g/mol. The Morgan fingerprint density at radius 3 is 2.47 bits per heavy atom. The molecule has 0 saturated carbocycles. The highest BCUT2D eigenvalue weighted by molar-refractivity contribution is 5.88. The van der Waals surface area contributed by atoms with E-state index in [1.807, 2.05) is 0 Å².